The number of pyridine rings is 1. The van der Waals surface area contributed by atoms with E-state index in [2.05, 4.69) is 17.1 Å². The lowest BCUT2D eigenvalue weighted by Crippen LogP contribution is -2.46. The van der Waals surface area contributed by atoms with E-state index < -0.39 is 0 Å². The smallest absolute Gasteiger partial charge is 0.256 e. The largest absolute Gasteiger partial charge is 0.356 e. The minimum Gasteiger partial charge on any atom is -0.356 e. The lowest BCUT2D eigenvalue weighted by atomic mass is 9.67. The van der Waals surface area contributed by atoms with Gasteiger partial charge in [-0.3, -0.25) is 14.4 Å². The first-order chi connectivity index (χ1) is 12.9. The van der Waals surface area contributed by atoms with Crippen LogP contribution in [-0.4, -0.2) is 40.4 Å². The van der Waals surface area contributed by atoms with E-state index in [1.165, 1.54) is 25.3 Å². The van der Waals surface area contributed by atoms with E-state index >= 15 is 0 Å². The minimum absolute atomic E-state index is 0.0401. The van der Waals surface area contributed by atoms with Gasteiger partial charge in [0.15, 0.2) is 5.43 Å². The number of rotatable bonds is 5. The van der Waals surface area contributed by atoms with E-state index in [1.54, 1.807) is 24.0 Å². The Morgan fingerprint density at radius 2 is 2.00 bits per heavy atom. The average molecular weight is 371 g/mol. The monoisotopic (exact) mass is 371 g/mol. The zero-order chi connectivity index (χ0) is 19.2. The summed E-state index contributed by atoms with van der Waals surface area (Å²) in [5.74, 6) is -0.0709. The summed E-state index contributed by atoms with van der Waals surface area (Å²) in [7, 11) is 1.79. The predicted molar refractivity (Wildman–Crippen MR) is 102 cm³/mol. The molecule has 27 heavy (non-hydrogen) atoms. The lowest BCUT2D eigenvalue weighted by molar-refractivity contribution is -0.138. The fourth-order valence-corrected chi connectivity index (χ4v) is 4.86. The zero-order valence-corrected chi connectivity index (χ0v) is 16.3. The summed E-state index contributed by atoms with van der Waals surface area (Å²) in [6.07, 6.45) is 10.6. The molecule has 1 aromatic rings. The summed E-state index contributed by atoms with van der Waals surface area (Å²) in [6, 6.07) is 1.44. The molecule has 1 aromatic heterocycles. The predicted octanol–water partition coefficient (Wildman–Crippen LogP) is 2.08. The van der Waals surface area contributed by atoms with Crippen LogP contribution in [0.15, 0.2) is 23.3 Å². The Labute approximate surface area is 159 Å². The molecule has 1 N–H and O–H groups in total. The Hall–Kier alpha value is -2.11. The third-order valence-electron chi connectivity index (χ3n) is 7.08. The topological polar surface area (TPSA) is 71.4 Å². The van der Waals surface area contributed by atoms with Gasteiger partial charge in [-0.25, -0.2) is 0 Å². The Balaban J connectivity index is 1.47. The quantitative estimate of drug-likeness (QED) is 0.861. The van der Waals surface area contributed by atoms with Crippen LogP contribution in [0.3, 0.4) is 0 Å². The van der Waals surface area contributed by atoms with Crippen LogP contribution in [0.4, 0.5) is 0 Å². The van der Waals surface area contributed by atoms with Gasteiger partial charge in [-0.15, -0.1) is 0 Å². The summed E-state index contributed by atoms with van der Waals surface area (Å²) in [5.41, 5.74) is -0.00483. The van der Waals surface area contributed by atoms with Gasteiger partial charge in [0.2, 0.25) is 5.91 Å². The summed E-state index contributed by atoms with van der Waals surface area (Å²) >= 11 is 0. The van der Waals surface area contributed by atoms with Crippen molar-refractivity contribution >= 4 is 11.8 Å². The number of nitrogens with zero attached hydrogens (tertiary/aromatic N) is 2. The summed E-state index contributed by atoms with van der Waals surface area (Å²) < 4.78 is 1.70. The molecule has 2 saturated carbocycles. The van der Waals surface area contributed by atoms with Crippen LogP contribution in [0.2, 0.25) is 0 Å². The maximum Gasteiger partial charge on any atom is 0.256 e. The van der Waals surface area contributed by atoms with Crippen LogP contribution >= 0.6 is 0 Å². The number of hydrogen-bond acceptors (Lipinski definition) is 3. The number of carbonyl (C=O) groups excluding carboxylic acids is 2. The van der Waals surface area contributed by atoms with Crippen molar-refractivity contribution in [2.24, 2.45) is 17.9 Å². The highest BCUT2D eigenvalue weighted by Gasteiger charge is 2.56. The van der Waals surface area contributed by atoms with Gasteiger partial charge < -0.3 is 14.8 Å². The second-order valence-corrected chi connectivity index (χ2v) is 8.88. The molecule has 1 saturated heterocycles. The molecule has 0 aromatic carbocycles. The maximum atomic E-state index is 13.2. The molecule has 0 bridgehead atoms. The van der Waals surface area contributed by atoms with Gasteiger partial charge >= 0.3 is 0 Å². The standard InChI is InChI=1S/C21H29N3O3/c1-3-21(8-9-21)19(27)24-14-20(6-4-7-20)11-15(24)12-22-18(26)16-13-23(2)10-5-17(16)25/h5,10,13,15H,3-4,6-9,11-12,14H2,1-2H3,(H,22,26). The number of aryl methyl sites for hydroxylation is 1. The number of nitrogens with one attached hydrogen (secondary N) is 1. The minimum atomic E-state index is -0.352. The lowest BCUT2D eigenvalue weighted by Gasteiger charge is -2.38. The Morgan fingerprint density at radius 3 is 2.59 bits per heavy atom. The van der Waals surface area contributed by atoms with E-state index in [0.29, 0.717) is 6.54 Å². The van der Waals surface area contributed by atoms with E-state index in [0.717, 1.165) is 32.2 Å². The fourth-order valence-electron chi connectivity index (χ4n) is 4.86. The van der Waals surface area contributed by atoms with Crippen molar-refractivity contribution in [3.8, 4) is 0 Å². The van der Waals surface area contributed by atoms with Crippen LogP contribution in [0.25, 0.3) is 0 Å². The molecule has 3 fully saturated rings. The number of carbonyl (C=O) groups is 2. The number of aromatic nitrogens is 1. The Bertz CT molecular complexity index is 820. The fraction of sp³-hybridized carbons (Fsp3) is 0.667. The molecule has 4 rings (SSSR count). The number of amides is 2. The van der Waals surface area contributed by atoms with Gasteiger partial charge in [0.05, 0.1) is 0 Å². The SMILES string of the molecule is CCC1(C(=O)N2CC3(CCC3)CC2CNC(=O)c2cn(C)ccc2=O)CC1. The van der Waals surface area contributed by atoms with E-state index in [1.807, 2.05) is 0 Å². The molecule has 1 unspecified atom stereocenters. The van der Waals surface area contributed by atoms with E-state index in [9.17, 15) is 14.4 Å². The van der Waals surface area contributed by atoms with Crippen molar-refractivity contribution in [2.45, 2.75) is 57.9 Å². The van der Waals surface area contributed by atoms with E-state index in [4.69, 9.17) is 0 Å². The van der Waals surface area contributed by atoms with E-state index in [-0.39, 0.29) is 39.7 Å². The van der Waals surface area contributed by atoms with Crippen molar-refractivity contribution in [1.29, 1.82) is 0 Å². The highest BCUT2D eigenvalue weighted by molar-refractivity contribution is 5.93. The van der Waals surface area contributed by atoms with Gasteiger partial charge in [0, 0.05) is 50.1 Å². The van der Waals surface area contributed by atoms with Crippen molar-refractivity contribution < 1.29 is 9.59 Å². The molecule has 2 heterocycles. The molecule has 1 spiro atoms. The first-order valence-corrected chi connectivity index (χ1v) is 10.1. The second kappa shape index (κ2) is 6.50. The van der Waals surface area contributed by atoms with Gasteiger partial charge in [-0.1, -0.05) is 13.3 Å². The van der Waals surface area contributed by atoms with Gasteiger partial charge in [-0.2, -0.15) is 0 Å². The summed E-state index contributed by atoms with van der Waals surface area (Å²) in [6.45, 7) is 3.35. The van der Waals surface area contributed by atoms with Crippen LogP contribution in [0.5, 0.6) is 0 Å². The van der Waals surface area contributed by atoms with Gasteiger partial charge in [0.1, 0.15) is 5.56 Å². The highest BCUT2D eigenvalue weighted by Crippen LogP contribution is 2.55. The molecule has 2 aliphatic carbocycles. The molecule has 0 radical (unpaired) electrons. The third kappa shape index (κ3) is 3.19. The molecular weight excluding hydrogens is 342 g/mol. The van der Waals surface area contributed by atoms with Crippen molar-refractivity contribution in [3.63, 3.8) is 0 Å². The molecule has 6 heteroatoms. The second-order valence-electron chi connectivity index (χ2n) is 8.88. The van der Waals surface area contributed by atoms with Crippen molar-refractivity contribution in [1.82, 2.24) is 14.8 Å². The number of hydrogen-bond donors (Lipinski definition) is 1. The Morgan fingerprint density at radius 1 is 1.26 bits per heavy atom. The molecule has 1 atom stereocenters. The van der Waals surface area contributed by atoms with Crippen molar-refractivity contribution in [3.05, 3.63) is 34.2 Å². The highest BCUT2D eigenvalue weighted by atomic mass is 16.2. The van der Waals surface area contributed by atoms with Crippen molar-refractivity contribution in [2.75, 3.05) is 13.1 Å². The molecule has 2 amide bonds. The van der Waals surface area contributed by atoms with Crippen LogP contribution in [0.1, 0.15) is 62.2 Å². The Kier molecular flexibility index (Phi) is 4.40. The van der Waals surface area contributed by atoms with Gasteiger partial charge in [0.25, 0.3) is 5.91 Å². The van der Waals surface area contributed by atoms with Crippen LogP contribution in [-0.2, 0) is 11.8 Å². The molecule has 146 valence electrons. The normalized spacial score (nSPS) is 24.5. The van der Waals surface area contributed by atoms with Crippen LogP contribution in [0, 0.1) is 10.8 Å². The zero-order valence-electron chi connectivity index (χ0n) is 16.3. The molecule has 6 nitrogen and oxygen atoms in total. The summed E-state index contributed by atoms with van der Waals surface area (Å²) in [4.78, 5) is 39.7. The van der Waals surface area contributed by atoms with Crippen LogP contribution < -0.4 is 10.7 Å². The number of likely N-dealkylation sites (tertiary alicyclic amines) is 1. The average Bonchev–Trinajstić information content (AvgIpc) is 3.33. The molecule has 3 aliphatic rings. The van der Waals surface area contributed by atoms with Gasteiger partial charge in [-0.05, 0) is 43.9 Å². The first kappa shape index (κ1) is 18.3. The molecule has 1 aliphatic heterocycles. The first-order valence-electron chi connectivity index (χ1n) is 10.1. The maximum absolute atomic E-state index is 13.2. The summed E-state index contributed by atoms with van der Waals surface area (Å²) in [5, 5.41) is 2.92. The molecular formula is C21H29N3O3. The third-order valence-corrected chi connectivity index (χ3v) is 7.08.